The van der Waals surface area contributed by atoms with Gasteiger partial charge in [-0.2, -0.15) is 5.10 Å². The highest BCUT2D eigenvalue weighted by atomic mass is 35.5. The van der Waals surface area contributed by atoms with Crippen molar-refractivity contribution >= 4 is 30.0 Å². The number of aryl methyl sites for hydroxylation is 1. The van der Waals surface area contributed by atoms with Gasteiger partial charge in [-0.3, -0.25) is 14.7 Å². The number of amides is 2. The first-order chi connectivity index (χ1) is 13.1. The van der Waals surface area contributed by atoms with Crippen molar-refractivity contribution in [3.63, 3.8) is 0 Å². The van der Waals surface area contributed by atoms with E-state index in [-0.39, 0.29) is 30.1 Å². The number of hydrogen-bond acceptors (Lipinski definition) is 5. The van der Waals surface area contributed by atoms with Crippen LogP contribution >= 0.6 is 12.4 Å². The van der Waals surface area contributed by atoms with E-state index < -0.39 is 0 Å². The van der Waals surface area contributed by atoms with Gasteiger partial charge >= 0.3 is 0 Å². The standard InChI is InChI=1S/C19H24N6O2.ClH/c1-12-4-5-16(21-9-12)22-18(26)13-3-2-8-25(11-13)19(27)17-14-10-20-7-6-15(14)23-24-17;/h4-5,9,13,20H,2-3,6-8,10-11H2,1H3,(H,23,24)(H,21,22,26);1H. The SMILES string of the molecule is Cc1ccc(NC(=O)C2CCCN(C(=O)c3n[nH]c4c3CNCC4)C2)nc1.Cl. The highest BCUT2D eigenvalue weighted by molar-refractivity contribution is 5.96. The van der Waals surface area contributed by atoms with Gasteiger partial charge in [0.05, 0.1) is 5.92 Å². The van der Waals surface area contributed by atoms with E-state index in [9.17, 15) is 9.59 Å². The maximum atomic E-state index is 13.0. The molecule has 150 valence electrons. The fraction of sp³-hybridized carbons (Fsp3) is 0.474. The van der Waals surface area contributed by atoms with Crippen LogP contribution in [0.3, 0.4) is 0 Å². The van der Waals surface area contributed by atoms with E-state index in [4.69, 9.17) is 0 Å². The largest absolute Gasteiger partial charge is 0.336 e. The Kier molecular flexibility index (Phi) is 6.31. The van der Waals surface area contributed by atoms with Crippen molar-refractivity contribution in [1.82, 2.24) is 25.4 Å². The summed E-state index contributed by atoms with van der Waals surface area (Å²) >= 11 is 0. The summed E-state index contributed by atoms with van der Waals surface area (Å²) in [5.41, 5.74) is 3.52. The molecular formula is C19H25ClN6O2. The topological polar surface area (TPSA) is 103 Å². The van der Waals surface area contributed by atoms with Crippen molar-refractivity contribution in [1.29, 1.82) is 0 Å². The smallest absolute Gasteiger partial charge is 0.274 e. The van der Waals surface area contributed by atoms with E-state index in [1.165, 1.54) is 0 Å². The number of anilines is 1. The molecule has 0 bridgehead atoms. The number of halogens is 1. The number of pyridine rings is 1. The van der Waals surface area contributed by atoms with Crippen LogP contribution in [0.25, 0.3) is 0 Å². The molecule has 0 aromatic carbocycles. The highest BCUT2D eigenvalue weighted by Gasteiger charge is 2.32. The number of hydrogen-bond donors (Lipinski definition) is 3. The summed E-state index contributed by atoms with van der Waals surface area (Å²) in [6, 6.07) is 3.70. The van der Waals surface area contributed by atoms with Gasteiger partial charge in [0.1, 0.15) is 5.82 Å². The molecule has 0 spiro atoms. The number of H-pyrrole nitrogens is 1. The Morgan fingerprint density at radius 3 is 2.96 bits per heavy atom. The van der Waals surface area contributed by atoms with Crippen LogP contribution in [0, 0.1) is 12.8 Å². The first kappa shape index (κ1) is 20.3. The number of carbonyl (C=O) groups excluding carboxylic acids is 2. The Labute approximate surface area is 169 Å². The van der Waals surface area contributed by atoms with Crippen LogP contribution < -0.4 is 10.6 Å². The number of aromatic amines is 1. The predicted octanol–water partition coefficient (Wildman–Crippen LogP) is 1.67. The van der Waals surface area contributed by atoms with Crippen molar-refractivity contribution in [3.05, 3.63) is 40.8 Å². The summed E-state index contributed by atoms with van der Waals surface area (Å²) in [6.07, 6.45) is 4.14. The molecule has 4 rings (SSSR count). The monoisotopic (exact) mass is 404 g/mol. The molecule has 1 saturated heterocycles. The molecule has 0 aliphatic carbocycles. The maximum Gasteiger partial charge on any atom is 0.274 e. The van der Waals surface area contributed by atoms with Crippen LogP contribution in [0.5, 0.6) is 0 Å². The number of piperidine rings is 1. The Hall–Kier alpha value is -2.45. The number of carbonyl (C=O) groups is 2. The second-order valence-electron chi connectivity index (χ2n) is 7.26. The molecule has 1 fully saturated rings. The van der Waals surface area contributed by atoms with Crippen LogP contribution in [0.1, 0.15) is 40.2 Å². The minimum absolute atomic E-state index is 0. The minimum atomic E-state index is -0.237. The molecule has 0 radical (unpaired) electrons. The number of likely N-dealkylation sites (tertiary alicyclic amines) is 1. The maximum absolute atomic E-state index is 13.0. The number of nitrogens with one attached hydrogen (secondary N) is 3. The fourth-order valence-electron chi connectivity index (χ4n) is 3.70. The number of aromatic nitrogens is 3. The van der Waals surface area contributed by atoms with E-state index >= 15 is 0 Å². The lowest BCUT2D eigenvalue weighted by Crippen LogP contribution is -2.44. The molecular weight excluding hydrogens is 380 g/mol. The summed E-state index contributed by atoms with van der Waals surface area (Å²) in [4.78, 5) is 31.6. The van der Waals surface area contributed by atoms with Crippen LogP contribution in [-0.4, -0.2) is 51.5 Å². The number of fused-ring (bicyclic) bond motifs is 1. The van der Waals surface area contributed by atoms with E-state index in [1.807, 2.05) is 13.0 Å². The second-order valence-corrected chi connectivity index (χ2v) is 7.26. The van der Waals surface area contributed by atoms with Crippen LogP contribution in [0.4, 0.5) is 5.82 Å². The Morgan fingerprint density at radius 2 is 2.18 bits per heavy atom. The molecule has 2 aromatic rings. The molecule has 28 heavy (non-hydrogen) atoms. The van der Waals surface area contributed by atoms with Crippen molar-refractivity contribution < 1.29 is 9.59 Å². The molecule has 0 saturated carbocycles. The predicted molar refractivity (Wildman–Crippen MR) is 107 cm³/mol. The van der Waals surface area contributed by atoms with Gasteiger partial charge < -0.3 is 15.5 Å². The van der Waals surface area contributed by atoms with Gasteiger partial charge in [-0.1, -0.05) is 6.07 Å². The first-order valence-electron chi connectivity index (χ1n) is 9.41. The van der Waals surface area contributed by atoms with E-state index in [1.54, 1.807) is 17.2 Å². The molecule has 8 nitrogen and oxygen atoms in total. The average molecular weight is 405 g/mol. The molecule has 2 amide bonds. The minimum Gasteiger partial charge on any atom is -0.336 e. The van der Waals surface area contributed by atoms with Crippen LogP contribution in [0.2, 0.25) is 0 Å². The van der Waals surface area contributed by atoms with Gasteiger partial charge in [0, 0.05) is 50.1 Å². The van der Waals surface area contributed by atoms with E-state index in [0.717, 1.165) is 42.6 Å². The van der Waals surface area contributed by atoms with Crippen LogP contribution in [-0.2, 0) is 17.8 Å². The highest BCUT2D eigenvalue weighted by Crippen LogP contribution is 2.22. The van der Waals surface area contributed by atoms with Gasteiger partial charge in [-0.15, -0.1) is 12.4 Å². The third-order valence-electron chi connectivity index (χ3n) is 5.25. The lowest BCUT2D eigenvalue weighted by Gasteiger charge is -2.31. The van der Waals surface area contributed by atoms with Gasteiger partial charge in [-0.25, -0.2) is 4.98 Å². The summed E-state index contributed by atoms with van der Waals surface area (Å²) in [5.74, 6) is 0.122. The number of rotatable bonds is 3. The normalized spacial score (nSPS) is 18.8. The Morgan fingerprint density at radius 1 is 1.32 bits per heavy atom. The second kappa shape index (κ2) is 8.70. The van der Waals surface area contributed by atoms with Crippen LogP contribution in [0.15, 0.2) is 18.3 Å². The Bertz CT molecular complexity index is 851. The van der Waals surface area contributed by atoms with Gasteiger partial charge in [0.25, 0.3) is 5.91 Å². The van der Waals surface area contributed by atoms with Crippen molar-refractivity contribution in [2.75, 3.05) is 25.0 Å². The van der Waals surface area contributed by atoms with Crippen molar-refractivity contribution in [2.45, 2.75) is 32.7 Å². The quantitative estimate of drug-likeness (QED) is 0.722. The molecule has 4 heterocycles. The lowest BCUT2D eigenvalue weighted by molar-refractivity contribution is -0.121. The fourth-order valence-corrected chi connectivity index (χ4v) is 3.70. The van der Waals surface area contributed by atoms with Gasteiger partial charge in [0.15, 0.2) is 5.69 Å². The van der Waals surface area contributed by atoms with Gasteiger partial charge in [0.2, 0.25) is 5.91 Å². The zero-order valence-electron chi connectivity index (χ0n) is 15.8. The summed E-state index contributed by atoms with van der Waals surface area (Å²) < 4.78 is 0. The summed E-state index contributed by atoms with van der Waals surface area (Å²) in [7, 11) is 0. The Balaban J connectivity index is 0.00000225. The zero-order chi connectivity index (χ0) is 18.8. The van der Waals surface area contributed by atoms with Crippen molar-refractivity contribution in [3.8, 4) is 0 Å². The molecule has 9 heteroatoms. The van der Waals surface area contributed by atoms with E-state index in [0.29, 0.717) is 31.1 Å². The third-order valence-corrected chi connectivity index (χ3v) is 5.25. The van der Waals surface area contributed by atoms with E-state index in [2.05, 4.69) is 25.8 Å². The molecule has 1 unspecified atom stereocenters. The summed E-state index contributed by atoms with van der Waals surface area (Å²) in [6.45, 7) is 4.56. The molecule has 1 atom stereocenters. The molecule has 2 aliphatic rings. The van der Waals surface area contributed by atoms with Gasteiger partial charge in [-0.05, 0) is 31.4 Å². The summed E-state index contributed by atoms with van der Waals surface area (Å²) in [5, 5.41) is 13.4. The molecule has 2 aromatic heterocycles. The number of nitrogens with zero attached hydrogens (tertiary/aromatic N) is 3. The lowest BCUT2D eigenvalue weighted by atomic mass is 9.96. The zero-order valence-corrected chi connectivity index (χ0v) is 16.6. The average Bonchev–Trinajstić information content (AvgIpc) is 3.13. The van der Waals surface area contributed by atoms with Crippen molar-refractivity contribution in [2.24, 2.45) is 5.92 Å². The third kappa shape index (κ3) is 4.18. The molecule has 3 N–H and O–H groups in total. The first-order valence-corrected chi connectivity index (χ1v) is 9.41. The molecule has 2 aliphatic heterocycles.